The normalized spacial score (nSPS) is 11.0. The highest BCUT2D eigenvalue weighted by molar-refractivity contribution is 6.03. The van der Waals surface area contributed by atoms with Gasteiger partial charge in [-0.2, -0.15) is 4.89 Å². The molecule has 0 aromatic heterocycles. The first-order chi connectivity index (χ1) is 10.2. The second-order valence-corrected chi connectivity index (χ2v) is 4.94. The van der Waals surface area contributed by atoms with Crippen LogP contribution in [0, 0.1) is 6.92 Å². The zero-order valence-electron chi connectivity index (χ0n) is 12.1. The highest BCUT2D eigenvalue weighted by atomic mass is 17.2. The first-order valence-electron chi connectivity index (χ1n) is 6.96. The van der Waals surface area contributed by atoms with Crippen molar-refractivity contribution in [1.29, 1.82) is 0 Å². The Hall–Kier alpha value is -2.39. The van der Waals surface area contributed by atoms with Crippen molar-refractivity contribution in [2.75, 3.05) is 6.61 Å². The number of rotatable bonds is 3. The van der Waals surface area contributed by atoms with Gasteiger partial charge < -0.3 is 0 Å². The van der Waals surface area contributed by atoms with E-state index in [0.717, 1.165) is 21.7 Å². The average molecular weight is 280 g/mol. The van der Waals surface area contributed by atoms with Crippen LogP contribution >= 0.6 is 0 Å². The molecule has 3 aromatic carbocycles. The van der Waals surface area contributed by atoms with Gasteiger partial charge in [0.05, 0.1) is 12.2 Å². The molecule has 0 saturated heterocycles. The summed E-state index contributed by atoms with van der Waals surface area (Å²) in [5, 5.41) is 4.51. The number of fused-ring (bicyclic) bond motifs is 2. The molecule has 0 N–H and O–H groups in total. The summed E-state index contributed by atoms with van der Waals surface area (Å²) in [7, 11) is 0. The molecule has 0 unspecified atom stereocenters. The molecule has 3 aromatic rings. The van der Waals surface area contributed by atoms with Crippen LogP contribution in [0.25, 0.3) is 21.5 Å². The fourth-order valence-corrected chi connectivity index (χ4v) is 2.54. The Labute approximate surface area is 123 Å². The molecule has 0 radical (unpaired) electrons. The second-order valence-electron chi connectivity index (χ2n) is 4.94. The van der Waals surface area contributed by atoms with Crippen LogP contribution in [0.2, 0.25) is 0 Å². The molecular weight excluding hydrogens is 264 g/mol. The summed E-state index contributed by atoms with van der Waals surface area (Å²) in [4.78, 5) is 21.5. The van der Waals surface area contributed by atoms with Gasteiger partial charge in [-0.25, -0.2) is 4.79 Å². The van der Waals surface area contributed by atoms with Gasteiger partial charge in [-0.3, -0.25) is 4.89 Å². The van der Waals surface area contributed by atoms with Crippen LogP contribution in [0.5, 0.6) is 0 Å². The van der Waals surface area contributed by atoms with Crippen molar-refractivity contribution in [2.45, 2.75) is 13.8 Å². The van der Waals surface area contributed by atoms with Gasteiger partial charge in [-0.1, -0.05) is 30.3 Å². The molecule has 0 spiro atoms. The number of carbonyl (C=O) groups excluding carboxylic acids is 1. The highest BCUT2D eigenvalue weighted by Gasteiger charge is 2.14. The highest BCUT2D eigenvalue weighted by Crippen LogP contribution is 2.27. The molecule has 3 nitrogen and oxygen atoms in total. The van der Waals surface area contributed by atoms with Crippen LogP contribution in [-0.2, 0) is 9.78 Å². The minimum absolute atomic E-state index is 0.336. The van der Waals surface area contributed by atoms with E-state index in [9.17, 15) is 4.79 Å². The van der Waals surface area contributed by atoms with E-state index in [1.54, 1.807) is 13.0 Å². The predicted molar refractivity (Wildman–Crippen MR) is 83.2 cm³/mol. The predicted octanol–water partition coefficient (Wildman–Crippen LogP) is 4.41. The number of benzene rings is 3. The monoisotopic (exact) mass is 280 g/mol. The molecule has 0 atom stereocenters. The molecule has 0 aliphatic rings. The van der Waals surface area contributed by atoms with Crippen molar-refractivity contribution in [3.05, 3.63) is 59.7 Å². The number of carbonyl (C=O) groups is 1. The number of aryl methyl sites for hydroxylation is 1. The minimum Gasteiger partial charge on any atom is -0.293 e. The van der Waals surface area contributed by atoms with Gasteiger partial charge in [-0.05, 0) is 59.2 Å². The molecule has 0 fully saturated rings. The molecule has 0 saturated carbocycles. The topological polar surface area (TPSA) is 35.5 Å². The zero-order chi connectivity index (χ0) is 14.8. The van der Waals surface area contributed by atoms with E-state index in [0.29, 0.717) is 12.2 Å². The van der Waals surface area contributed by atoms with Gasteiger partial charge in [0.1, 0.15) is 0 Å². The lowest BCUT2D eigenvalue weighted by Gasteiger charge is -2.09. The summed E-state index contributed by atoms with van der Waals surface area (Å²) in [5.41, 5.74) is 1.44. The van der Waals surface area contributed by atoms with Gasteiger partial charge >= 0.3 is 5.97 Å². The van der Waals surface area contributed by atoms with Crippen LogP contribution in [-0.4, -0.2) is 12.6 Å². The van der Waals surface area contributed by atoms with Crippen molar-refractivity contribution in [1.82, 2.24) is 0 Å². The lowest BCUT2D eigenvalue weighted by Crippen LogP contribution is -2.07. The number of hydrogen-bond acceptors (Lipinski definition) is 3. The van der Waals surface area contributed by atoms with Crippen molar-refractivity contribution >= 4 is 27.5 Å². The lowest BCUT2D eigenvalue weighted by atomic mass is 9.97. The zero-order valence-corrected chi connectivity index (χ0v) is 12.1. The van der Waals surface area contributed by atoms with Crippen molar-refractivity contribution in [3.8, 4) is 0 Å². The van der Waals surface area contributed by atoms with E-state index >= 15 is 0 Å². The fourth-order valence-electron chi connectivity index (χ4n) is 2.54. The van der Waals surface area contributed by atoms with Crippen LogP contribution < -0.4 is 0 Å². The maximum atomic E-state index is 12.0. The Morgan fingerprint density at radius 3 is 2.43 bits per heavy atom. The molecule has 0 amide bonds. The quantitative estimate of drug-likeness (QED) is 0.405. The smallest absolute Gasteiger partial charge is 0.293 e. The molecule has 0 aliphatic carbocycles. The van der Waals surface area contributed by atoms with Crippen molar-refractivity contribution in [2.24, 2.45) is 0 Å². The molecule has 106 valence electrons. The summed E-state index contributed by atoms with van der Waals surface area (Å²) >= 11 is 0. The SMILES string of the molecule is CCOOC(=O)c1ccc2cc3ccccc3cc2c1C. The summed E-state index contributed by atoms with van der Waals surface area (Å²) in [6.07, 6.45) is 0. The largest absolute Gasteiger partial charge is 0.373 e. The third kappa shape index (κ3) is 2.48. The summed E-state index contributed by atoms with van der Waals surface area (Å²) in [5.74, 6) is -0.454. The van der Waals surface area contributed by atoms with Crippen LogP contribution in [0.4, 0.5) is 0 Å². The molecule has 3 heteroatoms. The van der Waals surface area contributed by atoms with Crippen LogP contribution in [0.1, 0.15) is 22.8 Å². The van der Waals surface area contributed by atoms with E-state index < -0.39 is 5.97 Å². The molecular formula is C18H16O3. The van der Waals surface area contributed by atoms with Gasteiger partial charge in [0, 0.05) is 0 Å². The summed E-state index contributed by atoms with van der Waals surface area (Å²) < 4.78 is 0. The standard InChI is InChI=1S/C18H16O3/c1-3-20-21-18(19)16-9-8-15-10-13-6-4-5-7-14(13)11-17(15)12(16)2/h4-11H,3H2,1-2H3. The van der Waals surface area contributed by atoms with Gasteiger partial charge in [0.2, 0.25) is 0 Å². The summed E-state index contributed by atoms with van der Waals surface area (Å²) in [6, 6.07) is 16.2. The van der Waals surface area contributed by atoms with E-state index in [-0.39, 0.29) is 0 Å². The Balaban J connectivity index is 2.15. The Bertz CT molecular complexity index is 821. The van der Waals surface area contributed by atoms with Gasteiger partial charge in [0.15, 0.2) is 0 Å². The maximum Gasteiger partial charge on any atom is 0.373 e. The average Bonchev–Trinajstić information content (AvgIpc) is 2.51. The Morgan fingerprint density at radius 1 is 1.00 bits per heavy atom. The van der Waals surface area contributed by atoms with E-state index in [1.165, 1.54) is 5.39 Å². The molecule has 0 aliphatic heterocycles. The molecule has 21 heavy (non-hydrogen) atoms. The third-order valence-corrected chi connectivity index (χ3v) is 3.63. The third-order valence-electron chi connectivity index (χ3n) is 3.63. The summed E-state index contributed by atoms with van der Waals surface area (Å²) in [6.45, 7) is 4.04. The first kappa shape index (κ1) is 13.6. The first-order valence-corrected chi connectivity index (χ1v) is 6.96. The molecule has 0 bridgehead atoms. The Morgan fingerprint density at radius 2 is 1.71 bits per heavy atom. The minimum atomic E-state index is -0.454. The van der Waals surface area contributed by atoms with Crippen molar-refractivity contribution in [3.63, 3.8) is 0 Å². The van der Waals surface area contributed by atoms with Crippen LogP contribution in [0.3, 0.4) is 0 Å². The second kappa shape index (κ2) is 5.54. The van der Waals surface area contributed by atoms with E-state index in [4.69, 9.17) is 9.78 Å². The van der Waals surface area contributed by atoms with Crippen molar-refractivity contribution < 1.29 is 14.6 Å². The molecule has 0 heterocycles. The van der Waals surface area contributed by atoms with E-state index in [1.807, 2.05) is 25.1 Å². The lowest BCUT2D eigenvalue weighted by molar-refractivity contribution is -0.236. The van der Waals surface area contributed by atoms with E-state index in [2.05, 4.69) is 24.3 Å². The van der Waals surface area contributed by atoms with Crippen LogP contribution in [0.15, 0.2) is 48.5 Å². The van der Waals surface area contributed by atoms with Gasteiger partial charge in [-0.15, -0.1) is 0 Å². The van der Waals surface area contributed by atoms with Gasteiger partial charge in [0.25, 0.3) is 0 Å². The maximum absolute atomic E-state index is 12.0. The number of hydrogen-bond donors (Lipinski definition) is 0. The molecule has 3 rings (SSSR count). The fraction of sp³-hybridized carbons (Fsp3) is 0.167. The Kier molecular flexibility index (Phi) is 3.59.